The number of nitrogens with one attached hydrogen (secondary N) is 1. The molecule has 0 saturated carbocycles. The number of nitrogens with zero attached hydrogens (tertiary/aromatic N) is 1. The van der Waals surface area contributed by atoms with Crippen molar-refractivity contribution in [2.24, 2.45) is 0 Å². The van der Waals surface area contributed by atoms with E-state index in [0.29, 0.717) is 12.2 Å². The first kappa shape index (κ1) is 20.6. The molecule has 0 fully saturated rings. The molecule has 1 atom stereocenters. The number of alkyl halides is 3. The maximum atomic E-state index is 13.2. The van der Waals surface area contributed by atoms with Crippen molar-refractivity contribution in [1.82, 2.24) is 0 Å². The predicted octanol–water partition coefficient (Wildman–Crippen LogP) is 4.79. The Hall–Kier alpha value is -2.74. The number of hydrogen-bond donors (Lipinski definition) is 1. The molecular weight excluding hydrogens is 361 g/mol. The van der Waals surface area contributed by atoms with E-state index in [-0.39, 0.29) is 17.5 Å². The smallest absolute Gasteiger partial charge is 0.410 e. The molecule has 5 nitrogen and oxygen atoms in total. The lowest BCUT2D eigenvalue weighted by Crippen LogP contribution is -2.28. The molecule has 0 saturated heterocycles. The van der Waals surface area contributed by atoms with Crippen molar-refractivity contribution in [3.05, 3.63) is 54.1 Å². The zero-order chi connectivity index (χ0) is 20.0. The van der Waals surface area contributed by atoms with E-state index in [1.807, 2.05) is 0 Å². The molecule has 146 valence electrons. The Morgan fingerprint density at radius 2 is 1.85 bits per heavy atom. The van der Waals surface area contributed by atoms with Crippen molar-refractivity contribution in [1.29, 1.82) is 0 Å². The summed E-state index contributed by atoms with van der Waals surface area (Å²) in [6.45, 7) is 2.19. The lowest BCUT2D eigenvalue weighted by molar-refractivity contribution is -0.137. The maximum absolute atomic E-state index is 13.2. The number of likely N-dealkylation sites (N-methyl/N-ethyl adjacent to an activating group) is 1. The molecule has 1 amide bonds. The molecular formula is C19H21F3N2O3. The largest absolute Gasteiger partial charge is 0.417 e. The second-order valence-corrected chi connectivity index (χ2v) is 6.02. The Labute approximate surface area is 155 Å². The van der Waals surface area contributed by atoms with Crippen molar-refractivity contribution in [3.63, 3.8) is 0 Å². The molecule has 0 aliphatic carbocycles. The quantitative estimate of drug-likeness (QED) is 0.781. The third-order valence-electron chi connectivity index (χ3n) is 3.82. The average Bonchev–Trinajstić information content (AvgIpc) is 2.61. The minimum Gasteiger partial charge on any atom is -0.410 e. The second-order valence-electron chi connectivity index (χ2n) is 6.02. The van der Waals surface area contributed by atoms with Crippen LogP contribution in [0.2, 0.25) is 0 Å². The highest BCUT2D eigenvalue weighted by Gasteiger charge is 2.32. The molecule has 0 aromatic heterocycles. The molecule has 8 heteroatoms. The molecule has 2 aromatic carbocycles. The first-order chi connectivity index (χ1) is 12.7. The summed E-state index contributed by atoms with van der Waals surface area (Å²) in [7, 11) is 3.17. The zero-order valence-electron chi connectivity index (χ0n) is 15.2. The number of hydrogen-bond acceptors (Lipinski definition) is 4. The van der Waals surface area contributed by atoms with E-state index >= 15 is 0 Å². The van der Waals surface area contributed by atoms with Gasteiger partial charge in [-0.3, -0.25) is 5.32 Å². The van der Waals surface area contributed by atoms with Gasteiger partial charge in [-0.15, -0.1) is 0 Å². The lowest BCUT2D eigenvalue weighted by Gasteiger charge is -2.24. The van der Waals surface area contributed by atoms with Crippen molar-refractivity contribution in [2.75, 3.05) is 30.9 Å². The number of halogens is 3. The molecule has 1 N–H and O–H groups in total. The number of rotatable bonds is 6. The van der Waals surface area contributed by atoms with Gasteiger partial charge in [-0.25, -0.2) is 4.79 Å². The van der Waals surface area contributed by atoms with Gasteiger partial charge in [-0.2, -0.15) is 13.2 Å². The number of carbonyl (C=O) groups is 1. The SMILES string of the molecule is COC(C)CN(C)c1cc(NC(=O)Oc2ccccc2)cc(C(F)(F)F)c1. The van der Waals surface area contributed by atoms with E-state index in [1.54, 1.807) is 49.2 Å². The van der Waals surface area contributed by atoms with Crippen LogP contribution < -0.4 is 15.0 Å². The molecule has 27 heavy (non-hydrogen) atoms. The van der Waals surface area contributed by atoms with Crippen molar-refractivity contribution >= 4 is 17.5 Å². The minimum absolute atomic E-state index is 0.0160. The summed E-state index contributed by atoms with van der Waals surface area (Å²) in [5, 5.41) is 2.35. The van der Waals surface area contributed by atoms with E-state index in [2.05, 4.69) is 5.32 Å². The number of benzene rings is 2. The third-order valence-corrected chi connectivity index (χ3v) is 3.82. The normalized spacial score (nSPS) is 12.4. The van der Waals surface area contributed by atoms with E-state index in [4.69, 9.17) is 9.47 Å². The molecule has 0 aliphatic rings. The van der Waals surface area contributed by atoms with E-state index in [1.165, 1.54) is 13.2 Å². The van der Waals surface area contributed by atoms with Crippen LogP contribution in [0.1, 0.15) is 12.5 Å². The van der Waals surface area contributed by atoms with E-state index in [0.717, 1.165) is 12.1 Å². The van der Waals surface area contributed by atoms with Gasteiger partial charge in [-0.1, -0.05) is 18.2 Å². The Morgan fingerprint density at radius 3 is 2.44 bits per heavy atom. The summed E-state index contributed by atoms with van der Waals surface area (Å²) < 4.78 is 49.9. The van der Waals surface area contributed by atoms with Gasteiger partial charge < -0.3 is 14.4 Å². The van der Waals surface area contributed by atoms with Crippen molar-refractivity contribution < 1.29 is 27.4 Å². The number of methoxy groups -OCH3 is 1. The summed E-state index contributed by atoms with van der Waals surface area (Å²) in [5.74, 6) is 0.285. The molecule has 1 unspecified atom stereocenters. The standard InChI is InChI=1S/C19H21F3N2O3/c1-13(26-3)12-24(2)16-10-14(19(20,21)22)9-15(11-16)23-18(25)27-17-7-5-4-6-8-17/h4-11,13H,12H2,1-3H3,(H,23,25). The molecule has 0 aliphatic heterocycles. The fourth-order valence-corrected chi connectivity index (χ4v) is 2.37. The van der Waals surface area contributed by atoms with Gasteiger partial charge in [-0.05, 0) is 37.3 Å². The van der Waals surface area contributed by atoms with E-state index < -0.39 is 17.8 Å². The highest BCUT2D eigenvalue weighted by Crippen LogP contribution is 2.34. The van der Waals surface area contributed by atoms with Crippen LogP contribution in [-0.4, -0.2) is 32.9 Å². The topological polar surface area (TPSA) is 50.8 Å². The first-order valence-electron chi connectivity index (χ1n) is 8.19. The maximum Gasteiger partial charge on any atom is 0.417 e. The molecule has 2 rings (SSSR count). The fourth-order valence-electron chi connectivity index (χ4n) is 2.37. The highest BCUT2D eigenvalue weighted by atomic mass is 19.4. The molecule has 2 aromatic rings. The molecule has 0 heterocycles. The van der Waals surface area contributed by atoms with Crippen LogP contribution in [0.15, 0.2) is 48.5 Å². The van der Waals surface area contributed by atoms with Crippen LogP contribution in [-0.2, 0) is 10.9 Å². The minimum atomic E-state index is -4.55. The molecule has 0 radical (unpaired) electrons. The van der Waals surface area contributed by atoms with Crippen LogP contribution in [0.5, 0.6) is 5.75 Å². The Bertz CT molecular complexity index is 767. The van der Waals surface area contributed by atoms with E-state index in [9.17, 15) is 18.0 Å². The predicted molar refractivity (Wildman–Crippen MR) is 97.3 cm³/mol. The van der Waals surface area contributed by atoms with Crippen LogP contribution in [0, 0.1) is 0 Å². The number of anilines is 2. The number of carbonyl (C=O) groups excluding carboxylic acids is 1. The van der Waals surface area contributed by atoms with Gasteiger partial charge in [0.2, 0.25) is 0 Å². The Balaban J connectivity index is 2.23. The first-order valence-corrected chi connectivity index (χ1v) is 8.19. The summed E-state index contributed by atoms with van der Waals surface area (Å²) >= 11 is 0. The van der Waals surface area contributed by atoms with Crippen molar-refractivity contribution in [3.8, 4) is 5.75 Å². The number of ether oxygens (including phenoxy) is 2. The van der Waals surface area contributed by atoms with Crippen LogP contribution >= 0.6 is 0 Å². The third kappa shape index (κ3) is 6.18. The van der Waals surface area contributed by atoms with Gasteiger partial charge >= 0.3 is 12.3 Å². The van der Waals surface area contributed by atoms with Crippen molar-refractivity contribution in [2.45, 2.75) is 19.2 Å². The summed E-state index contributed by atoms with van der Waals surface area (Å²) in [6, 6.07) is 11.6. The van der Waals surface area contributed by atoms with Gasteiger partial charge in [0.15, 0.2) is 0 Å². The van der Waals surface area contributed by atoms with Crippen LogP contribution in [0.4, 0.5) is 29.3 Å². The lowest BCUT2D eigenvalue weighted by atomic mass is 10.1. The summed E-state index contributed by atoms with van der Waals surface area (Å²) in [4.78, 5) is 13.6. The highest BCUT2D eigenvalue weighted by molar-refractivity contribution is 5.87. The van der Waals surface area contributed by atoms with Crippen LogP contribution in [0.25, 0.3) is 0 Å². The van der Waals surface area contributed by atoms with Crippen LogP contribution in [0.3, 0.4) is 0 Å². The molecule has 0 bridgehead atoms. The summed E-state index contributed by atoms with van der Waals surface area (Å²) in [6.07, 6.45) is -5.60. The fraction of sp³-hybridized carbons (Fsp3) is 0.316. The Kier molecular flexibility index (Phi) is 6.68. The van der Waals surface area contributed by atoms with Gasteiger partial charge in [0.1, 0.15) is 5.75 Å². The monoisotopic (exact) mass is 382 g/mol. The van der Waals surface area contributed by atoms with Gasteiger partial charge in [0, 0.05) is 32.1 Å². The Morgan fingerprint density at radius 1 is 1.19 bits per heavy atom. The summed E-state index contributed by atoms with van der Waals surface area (Å²) in [5.41, 5.74) is -0.589. The second kappa shape index (κ2) is 8.77. The molecule has 0 spiro atoms. The number of para-hydroxylation sites is 1. The van der Waals surface area contributed by atoms with Gasteiger partial charge in [0.05, 0.1) is 11.7 Å². The van der Waals surface area contributed by atoms with Gasteiger partial charge in [0.25, 0.3) is 0 Å². The average molecular weight is 382 g/mol. The zero-order valence-corrected chi connectivity index (χ0v) is 15.2. The number of amides is 1.